The highest BCUT2D eigenvalue weighted by atomic mass is 19.1. The second-order valence-corrected chi connectivity index (χ2v) is 15.8. The Morgan fingerprint density at radius 2 is 2.02 bits per heavy atom. The van der Waals surface area contributed by atoms with Gasteiger partial charge in [0.05, 0.1) is 29.4 Å². The zero-order valence-corrected chi connectivity index (χ0v) is 28.9. The van der Waals surface area contributed by atoms with Crippen molar-refractivity contribution in [3.63, 3.8) is 0 Å². The van der Waals surface area contributed by atoms with E-state index in [-0.39, 0.29) is 57.7 Å². The number of halogens is 3. The average molecular weight is 708 g/mol. The number of hydrogen-bond donors (Lipinski definition) is 2. The van der Waals surface area contributed by atoms with Crippen LogP contribution in [0.5, 0.6) is 17.5 Å². The number of nitrogens with zero attached hydrogens (tertiary/aromatic N) is 4. The van der Waals surface area contributed by atoms with Crippen molar-refractivity contribution in [1.82, 2.24) is 20.2 Å². The molecule has 268 valence electrons. The maximum absolute atomic E-state index is 17.8. The monoisotopic (exact) mass is 707 g/mol. The first-order valence-corrected chi connectivity index (χ1v) is 18.6. The minimum atomic E-state index is -0.633. The van der Waals surface area contributed by atoms with Gasteiger partial charge in [0.2, 0.25) is 0 Å². The lowest BCUT2D eigenvalue weighted by Crippen LogP contribution is -2.61. The van der Waals surface area contributed by atoms with Gasteiger partial charge in [-0.3, -0.25) is 4.90 Å². The fraction of sp³-hybridized carbons (Fsp3) is 0.463. The van der Waals surface area contributed by atoms with E-state index in [0.29, 0.717) is 84.5 Å². The van der Waals surface area contributed by atoms with E-state index in [1.54, 1.807) is 0 Å². The molecule has 3 aromatic carbocycles. The number of hydrogen-bond acceptors (Lipinski definition) is 8. The standard InChI is InChI=1S/C41H40F3N5O3/c1-2-28-31(43)9-6-24-15-27(50)16-30(32(24)28)33-29-5-3-14-51-37(29)34-36(35(33)44)45-39(52-22-40-11-4-13-49(40)19-23(17-40)18-42)46-38(34)48-20-26-10-12-41(21-48,47-26)25-7-8-25/h1,6,9,15-16,18,25-26,47,50H,3-5,7-8,10-14,17,19-22H2/b23-18-/t26-,40-,41+/m0/s1. The van der Waals surface area contributed by atoms with Crippen LogP contribution in [0.15, 0.2) is 36.2 Å². The van der Waals surface area contributed by atoms with Gasteiger partial charge in [-0.25, -0.2) is 13.2 Å². The first-order chi connectivity index (χ1) is 25.3. The number of phenolic OH excluding ortho intramolecular Hbond substituents is 1. The Kier molecular flexibility index (Phi) is 7.26. The van der Waals surface area contributed by atoms with Crippen LogP contribution >= 0.6 is 0 Å². The fourth-order valence-electron chi connectivity index (χ4n) is 10.3. The first kappa shape index (κ1) is 32.1. The molecule has 0 radical (unpaired) electrons. The van der Waals surface area contributed by atoms with Crippen molar-refractivity contribution in [3.8, 4) is 41.0 Å². The van der Waals surface area contributed by atoms with Crippen molar-refractivity contribution >= 4 is 27.5 Å². The molecule has 2 bridgehead atoms. The van der Waals surface area contributed by atoms with Gasteiger partial charge in [-0.05, 0) is 105 Å². The first-order valence-electron chi connectivity index (χ1n) is 18.6. The summed E-state index contributed by atoms with van der Waals surface area (Å²) < 4.78 is 59.7. The van der Waals surface area contributed by atoms with Crippen molar-refractivity contribution in [1.29, 1.82) is 0 Å². The van der Waals surface area contributed by atoms with Crippen molar-refractivity contribution in [2.45, 2.75) is 74.9 Å². The van der Waals surface area contributed by atoms with Gasteiger partial charge in [0, 0.05) is 47.7 Å². The van der Waals surface area contributed by atoms with E-state index in [1.165, 1.54) is 37.1 Å². The Hall–Kier alpha value is -4.53. The van der Waals surface area contributed by atoms with Crippen LogP contribution in [0.2, 0.25) is 0 Å². The summed E-state index contributed by atoms with van der Waals surface area (Å²) in [6, 6.07) is 6.06. The summed E-state index contributed by atoms with van der Waals surface area (Å²) in [7, 11) is 0. The summed E-state index contributed by atoms with van der Waals surface area (Å²) in [5.74, 6) is 2.79. The highest BCUT2D eigenvalue weighted by Gasteiger charge is 2.54. The molecule has 1 saturated carbocycles. The molecule has 2 N–H and O–H groups in total. The number of phenols is 1. The number of ether oxygens (including phenoxy) is 2. The van der Waals surface area contributed by atoms with Gasteiger partial charge in [-0.1, -0.05) is 12.0 Å². The van der Waals surface area contributed by atoms with Gasteiger partial charge >= 0.3 is 6.01 Å². The molecule has 4 aromatic rings. The van der Waals surface area contributed by atoms with Crippen LogP contribution in [0.25, 0.3) is 32.8 Å². The van der Waals surface area contributed by atoms with E-state index in [1.807, 2.05) is 0 Å². The van der Waals surface area contributed by atoms with Crippen LogP contribution in [0.1, 0.15) is 62.5 Å². The van der Waals surface area contributed by atoms with Gasteiger partial charge in [0.15, 0.2) is 5.82 Å². The molecule has 1 aliphatic carbocycles. The predicted octanol–water partition coefficient (Wildman–Crippen LogP) is 6.93. The van der Waals surface area contributed by atoms with E-state index in [9.17, 15) is 9.50 Å². The molecular weight excluding hydrogens is 667 g/mol. The number of nitrogens with one attached hydrogen (secondary N) is 1. The quantitative estimate of drug-likeness (QED) is 0.209. The topological polar surface area (TPSA) is 83.0 Å². The van der Waals surface area contributed by atoms with E-state index in [0.717, 1.165) is 44.3 Å². The summed E-state index contributed by atoms with van der Waals surface area (Å²) in [6.07, 6.45) is 14.6. The number of piperazine rings is 1. The summed E-state index contributed by atoms with van der Waals surface area (Å²) in [5.41, 5.74) is 1.42. The SMILES string of the molecule is C#Cc1c(F)ccc2cc(O)cc(-c3c4c(c5c(N6C[C@@H]7CC[C@](C8CC8)(C6)N7)nc(OC[C@@]67CCCN6C/C(=C\F)C7)nc5c3F)OCCC4)c12. The minimum absolute atomic E-state index is 0.00910. The Balaban J connectivity index is 1.19. The van der Waals surface area contributed by atoms with Gasteiger partial charge in [0.1, 0.15) is 35.3 Å². The smallest absolute Gasteiger partial charge is 0.319 e. The van der Waals surface area contributed by atoms with Crippen molar-refractivity contribution < 1.29 is 27.8 Å². The third-order valence-electron chi connectivity index (χ3n) is 12.7. The molecule has 5 aliphatic heterocycles. The number of aromatic hydroxyl groups is 1. The number of fused-ring (bicyclic) bond motifs is 7. The molecule has 4 saturated heterocycles. The van der Waals surface area contributed by atoms with E-state index in [4.69, 9.17) is 25.9 Å². The fourth-order valence-corrected chi connectivity index (χ4v) is 10.3. The number of benzene rings is 3. The van der Waals surface area contributed by atoms with E-state index in [2.05, 4.69) is 21.0 Å². The molecule has 8 nitrogen and oxygen atoms in total. The largest absolute Gasteiger partial charge is 0.508 e. The Morgan fingerprint density at radius 3 is 2.85 bits per heavy atom. The van der Waals surface area contributed by atoms with E-state index >= 15 is 8.78 Å². The van der Waals surface area contributed by atoms with Crippen LogP contribution in [0.3, 0.4) is 0 Å². The molecule has 5 fully saturated rings. The van der Waals surface area contributed by atoms with Crippen LogP contribution in [-0.4, -0.2) is 76.5 Å². The lowest BCUT2D eigenvalue weighted by atomic mass is 9.87. The summed E-state index contributed by atoms with van der Waals surface area (Å²) in [4.78, 5) is 14.4. The van der Waals surface area contributed by atoms with Crippen molar-refractivity contribution in [3.05, 3.63) is 58.9 Å². The lowest BCUT2D eigenvalue weighted by Gasteiger charge is -2.43. The second-order valence-electron chi connectivity index (χ2n) is 15.8. The number of aromatic nitrogens is 2. The van der Waals surface area contributed by atoms with Crippen LogP contribution in [0, 0.1) is 29.9 Å². The van der Waals surface area contributed by atoms with Crippen LogP contribution in [0.4, 0.5) is 19.0 Å². The van der Waals surface area contributed by atoms with Crippen molar-refractivity contribution in [2.24, 2.45) is 5.92 Å². The average Bonchev–Trinajstić information content (AvgIpc) is 3.77. The lowest BCUT2D eigenvalue weighted by molar-refractivity contribution is 0.108. The van der Waals surface area contributed by atoms with Crippen LogP contribution < -0.4 is 19.7 Å². The third-order valence-corrected chi connectivity index (χ3v) is 12.7. The molecule has 10 rings (SSSR count). The predicted molar refractivity (Wildman–Crippen MR) is 192 cm³/mol. The molecule has 0 spiro atoms. The summed E-state index contributed by atoms with van der Waals surface area (Å²) in [6.45, 7) is 3.51. The normalized spacial score (nSPS) is 27.6. The molecule has 6 aliphatic rings. The minimum Gasteiger partial charge on any atom is -0.508 e. The molecule has 52 heavy (non-hydrogen) atoms. The molecular formula is C41H40F3N5O3. The Bertz CT molecular complexity index is 2250. The van der Waals surface area contributed by atoms with Gasteiger partial charge in [-0.15, -0.1) is 6.42 Å². The van der Waals surface area contributed by atoms with Crippen LogP contribution in [-0.2, 0) is 6.42 Å². The Morgan fingerprint density at radius 1 is 1.13 bits per heavy atom. The van der Waals surface area contributed by atoms with Gasteiger partial charge < -0.3 is 24.8 Å². The molecule has 1 aromatic heterocycles. The molecule has 6 heterocycles. The highest BCUT2D eigenvalue weighted by molar-refractivity contribution is 6.07. The highest BCUT2D eigenvalue weighted by Crippen LogP contribution is 2.52. The number of rotatable bonds is 6. The Labute approximate surface area is 300 Å². The van der Waals surface area contributed by atoms with Gasteiger partial charge in [0.25, 0.3) is 0 Å². The van der Waals surface area contributed by atoms with Gasteiger partial charge in [-0.2, -0.15) is 9.97 Å². The van der Waals surface area contributed by atoms with Crippen molar-refractivity contribution in [2.75, 3.05) is 44.3 Å². The maximum Gasteiger partial charge on any atom is 0.319 e. The number of terminal acetylenes is 1. The van der Waals surface area contributed by atoms with E-state index < -0.39 is 11.6 Å². The molecule has 0 unspecified atom stereocenters. The molecule has 11 heteroatoms. The molecule has 3 atom stereocenters. The maximum atomic E-state index is 17.8. The second kappa shape index (κ2) is 11.7. The number of anilines is 1. The third kappa shape index (κ3) is 4.83. The molecule has 0 amide bonds. The summed E-state index contributed by atoms with van der Waals surface area (Å²) >= 11 is 0. The summed E-state index contributed by atoms with van der Waals surface area (Å²) in [5, 5.41) is 16.1. The zero-order valence-electron chi connectivity index (χ0n) is 28.9. The zero-order chi connectivity index (χ0) is 35.4.